The molecule has 29 heavy (non-hydrogen) atoms. The first-order valence-corrected chi connectivity index (χ1v) is 12.3. The van der Waals surface area contributed by atoms with Crippen LogP contribution < -0.4 is 10.6 Å². The fourth-order valence-electron chi connectivity index (χ4n) is 3.77. The summed E-state index contributed by atoms with van der Waals surface area (Å²) in [5.41, 5.74) is 0. The number of amides is 1. The summed E-state index contributed by atoms with van der Waals surface area (Å²) < 4.78 is 24.8. The van der Waals surface area contributed by atoms with Crippen molar-refractivity contribution < 1.29 is 13.2 Å². The van der Waals surface area contributed by atoms with Gasteiger partial charge in [0.25, 0.3) is 0 Å². The first kappa shape index (κ1) is 26.4. The van der Waals surface area contributed by atoms with E-state index in [-0.39, 0.29) is 35.8 Å². The van der Waals surface area contributed by atoms with Gasteiger partial charge in [-0.05, 0) is 38.5 Å². The largest absolute Gasteiger partial charge is 0.357 e. The van der Waals surface area contributed by atoms with Gasteiger partial charge in [0.15, 0.2) is 5.96 Å². The Kier molecular flexibility index (Phi) is 11.2. The van der Waals surface area contributed by atoms with Gasteiger partial charge in [-0.1, -0.05) is 13.8 Å². The summed E-state index contributed by atoms with van der Waals surface area (Å²) in [6, 6.07) is 0.320. The molecule has 8 nitrogen and oxygen atoms in total. The molecule has 0 saturated carbocycles. The van der Waals surface area contributed by atoms with Crippen LogP contribution in [0.1, 0.15) is 46.5 Å². The molecule has 2 fully saturated rings. The number of aliphatic imine (C=N–C) groups is 1. The average Bonchev–Trinajstić information content (AvgIpc) is 2.66. The first-order chi connectivity index (χ1) is 13.2. The highest BCUT2D eigenvalue weighted by atomic mass is 127. The Labute approximate surface area is 193 Å². The minimum Gasteiger partial charge on any atom is -0.357 e. The van der Waals surface area contributed by atoms with Crippen molar-refractivity contribution in [1.29, 1.82) is 0 Å². The Morgan fingerprint density at radius 1 is 1.10 bits per heavy atom. The van der Waals surface area contributed by atoms with Crippen molar-refractivity contribution in [2.45, 2.75) is 52.5 Å². The van der Waals surface area contributed by atoms with Crippen molar-refractivity contribution in [3.63, 3.8) is 0 Å². The lowest BCUT2D eigenvalue weighted by atomic mass is 9.98. The van der Waals surface area contributed by atoms with Crippen LogP contribution in [0.4, 0.5) is 0 Å². The number of likely N-dealkylation sites (tertiary alicyclic amines) is 1. The standard InChI is InChI=1S/C19H37N5O3S.HI/c1-5-20-19(21-14-16-6-12-24(13-7-16)28(4,26)27)22-17-8-10-23(11-9-17)18(25)15(2)3;/h15-17H,5-14H2,1-4H3,(H2,20,21,22);1H. The molecule has 2 heterocycles. The number of carbonyl (C=O) groups is 1. The highest BCUT2D eigenvalue weighted by Gasteiger charge is 2.26. The van der Waals surface area contributed by atoms with Crippen LogP contribution >= 0.6 is 24.0 Å². The van der Waals surface area contributed by atoms with Crippen LogP contribution in [0.15, 0.2) is 4.99 Å². The average molecular weight is 544 g/mol. The van der Waals surface area contributed by atoms with E-state index in [1.807, 2.05) is 25.7 Å². The van der Waals surface area contributed by atoms with Crippen molar-refractivity contribution in [3.05, 3.63) is 0 Å². The quantitative estimate of drug-likeness (QED) is 0.301. The Bertz CT molecular complexity index is 640. The second-order valence-corrected chi connectivity index (χ2v) is 10.2. The highest BCUT2D eigenvalue weighted by molar-refractivity contribution is 14.0. The molecule has 2 N–H and O–H groups in total. The molecule has 2 aliphatic heterocycles. The van der Waals surface area contributed by atoms with E-state index in [2.05, 4.69) is 10.6 Å². The van der Waals surface area contributed by atoms with Gasteiger partial charge >= 0.3 is 0 Å². The maximum atomic E-state index is 12.1. The molecule has 0 unspecified atom stereocenters. The van der Waals surface area contributed by atoms with E-state index in [1.165, 1.54) is 6.26 Å². The monoisotopic (exact) mass is 543 g/mol. The van der Waals surface area contributed by atoms with Crippen molar-refractivity contribution in [3.8, 4) is 0 Å². The van der Waals surface area contributed by atoms with Crippen LogP contribution in [0.5, 0.6) is 0 Å². The zero-order valence-electron chi connectivity index (χ0n) is 18.2. The van der Waals surface area contributed by atoms with Crippen LogP contribution in [-0.4, -0.2) is 81.1 Å². The minimum atomic E-state index is -3.08. The third-order valence-electron chi connectivity index (χ3n) is 5.54. The number of hydrogen-bond donors (Lipinski definition) is 2. The van der Waals surface area contributed by atoms with Crippen molar-refractivity contribution in [2.75, 3.05) is 45.5 Å². The van der Waals surface area contributed by atoms with Gasteiger partial charge in [0.1, 0.15) is 0 Å². The molecule has 2 saturated heterocycles. The van der Waals surface area contributed by atoms with Gasteiger partial charge in [0, 0.05) is 51.2 Å². The number of guanidine groups is 1. The van der Waals surface area contributed by atoms with E-state index in [0.717, 1.165) is 51.3 Å². The van der Waals surface area contributed by atoms with Crippen molar-refractivity contribution in [2.24, 2.45) is 16.8 Å². The molecule has 0 bridgehead atoms. The maximum absolute atomic E-state index is 12.1. The molecular weight excluding hydrogens is 505 g/mol. The van der Waals surface area contributed by atoms with E-state index >= 15 is 0 Å². The second-order valence-electron chi connectivity index (χ2n) is 8.22. The van der Waals surface area contributed by atoms with E-state index in [0.29, 0.717) is 31.6 Å². The fourth-order valence-corrected chi connectivity index (χ4v) is 4.64. The van der Waals surface area contributed by atoms with Gasteiger partial charge in [-0.3, -0.25) is 9.79 Å². The first-order valence-electron chi connectivity index (χ1n) is 10.5. The van der Waals surface area contributed by atoms with Gasteiger partial charge < -0.3 is 15.5 Å². The minimum absolute atomic E-state index is 0. The lowest BCUT2D eigenvalue weighted by Crippen LogP contribution is -2.50. The summed E-state index contributed by atoms with van der Waals surface area (Å²) >= 11 is 0. The number of carbonyl (C=O) groups excluding carboxylic acids is 1. The van der Waals surface area contributed by atoms with E-state index < -0.39 is 10.0 Å². The smallest absolute Gasteiger partial charge is 0.225 e. The molecule has 2 aliphatic rings. The molecule has 0 atom stereocenters. The Hall–Kier alpha value is -0.620. The Morgan fingerprint density at radius 2 is 1.69 bits per heavy atom. The predicted octanol–water partition coefficient (Wildman–Crippen LogP) is 1.48. The predicted molar refractivity (Wildman–Crippen MR) is 128 cm³/mol. The molecular formula is C19H38IN5O3S. The molecule has 0 aromatic rings. The number of nitrogens with zero attached hydrogens (tertiary/aromatic N) is 3. The number of sulfonamides is 1. The molecule has 10 heteroatoms. The Balaban J connectivity index is 0.00000420. The van der Waals surface area contributed by atoms with E-state index in [1.54, 1.807) is 4.31 Å². The summed E-state index contributed by atoms with van der Waals surface area (Å²) in [4.78, 5) is 18.8. The van der Waals surface area contributed by atoms with Gasteiger partial charge in [-0.2, -0.15) is 0 Å². The summed E-state index contributed by atoms with van der Waals surface area (Å²) in [7, 11) is -3.08. The topological polar surface area (TPSA) is 94.1 Å². The number of hydrogen-bond acceptors (Lipinski definition) is 4. The van der Waals surface area contributed by atoms with Gasteiger partial charge in [0.05, 0.1) is 6.26 Å². The van der Waals surface area contributed by atoms with Crippen molar-refractivity contribution in [1.82, 2.24) is 19.8 Å². The molecule has 170 valence electrons. The molecule has 2 rings (SSSR count). The van der Waals surface area contributed by atoms with Crippen LogP contribution in [0, 0.1) is 11.8 Å². The van der Waals surface area contributed by atoms with Crippen LogP contribution in [-0.2, 0) is 14.8 Å². The van der Waals surface area contributed by atoms with Gasteiger partial charge in [-0.15, -0.1) is 24.0 Å². The lowest BCUT2D eigenvalue weighted by Gasteiger charge is -2.34. The molecule has 0 aromatic heterocycles. The number of halogens is 1. The van der Waals surface area contributed by atoms with Crippen molar-refractivity contribution >= 4 is 45.9 Å². The fraction of sp³-hybridized carbons (Fsp3) is 0.895. The van der Waals surface area contributed by atoms with Crippen LogP contribution in [0.25, 0.3) is 0 Å². The van der Waals surface area contributed by atoms with E-state index in [4.69, 9.17) is 4.99 Å². The Morgan fingerprint density at radius 3 is 2.17 bits per heavy atom. The van der Waals surface area contributed by atoms with Crippen LogP contribution in [0.2, 0.25) is 0 Å². The zero-order valence-corrected chi connectivity index (χ0v) is 21.3. The van der Waals surface area contributed by atoms with E-state index in [9.17, 15) is 13.2 Å². The summed E-state index contributed by atoms with van der Waals surface area (Å²) in [5.74, 6) is 1.53. The molecule has 0 radical (unpaired) electrons. The maximum Gasteiger partial charge on any atom is 0.225 e. The molecule has 0 aromatic carbocycles. The summed E-state index contributed by atoms with van der Waals surface area (Å²) in [6.45, 7) is 10.2. The van der Waals surface area contributed by atoms with Gasteiger partial charge in [-0.25, -0.2) is 12.7 Å². The SMILES string of the molecule is CCNC(=NCC1CCN(S(C)(=O)=O)CC1)NC1CCN(C(=O)C(C)C)CC1.I. The normalized spacial score (nSPS) is 20.4. The highest BCUT2D eigenvalue weighted by Crippen LogP contribution is 2.19. The zero-order chi connectivity index (χ0) is 20.7. The summed E-state index contributed by atoms with van der Waals surface area (Å²) in [5, 5.41) is 6.82. The second kappa shape index (κ2) is 12.3. The number of rotatable bonds is 6. The molecule has 0 spiro atoms. The third kappa shape index (κ3) is 8.56. The number of piperidine rings is 2. The molecule has 1 amide bonds. The lowest BCUT2D eigenvalue weighted by molar-refractivity contribution is -0.135. The third-order valence-corrected chi connectivity index (χ3v) is 6.84. The molecule has 0 aliphatic carbocycles. The number of nitrogens with one attached hydrogen (secondary N) is 2. The summed E-state index contributed by atoms with van der Waals surface area (Å²) in [6.07, 6.45) is 4.83. The van der Waals surface area contributed by atoms with Gasteiger partial charge in [0.2, 0.25) is 15.9 Å². The van der Waals surface area contributed by atoms with Crippen LogP contribution in [0.3, 0.4) is 0 Å².